The Labute approximate surface area is 94.3 Å². The Morgan fingerprint density at radius 1 is 1.44 bits per heavy atom. The van der Waals surface area contributed by atoms with Gasteiger partial charge in [0.25, 0.3) is 5.69 Å². The van der Waals surface area contributed by atoms with E-state index in [1.807, 2.05) is 6.92 Å². The van der Waals surface area contributed by atoms with Gasteiger partial charge in [0.1, 0.15) is 0 Å². The highest BCUT2D eigenvalue weighted by molar-refractivity contribution is 5.32. The normalized spacial score (nSPS) is 12.4. The highest BCUT2D eigenvalue weighted by Gasteiger charge is 2.04. The Hall–Kier alpha value is -1.46. The van der Waals surface area contributed by atoms with Gasteiger partial charge in [-0.05, 0) is 25.5 Å². The van der Waals surface area contributed by atoms with E-state index in [0.29, 0.717) is 0 Å². The van der Waals surface area contributed by atoms with Crippen LogP contribution in [0.4, 0.5) is 5.69 Å². The van der Waals surface area contributed by atoms with Gasteiger partial charge in [0.05, 0.1) is 11.5 Å². The molecule has 1 unspecified atom stereocenters. The van der Waals surface area contributed by atoms with Crippen LogP contribution in [-0.4, -0.2) is 29.2 Å². The van der Waals surface area contributed by atoms with E-state index in [4.69, 9.17) is 5.11 Å². The number of nitro groups is 1. The molecule has 2 N–H and O–H groups in total. The summed E-state index contributed by atoms with van der Waals surface area (Å²) in [5.41, 5.74) is 1.16. The number of non-ortho nitro benzene ring substituents is 1. The first-order chi connectivity index (χ1) is 7.63. The molecule has 0 aliphatic carbocycles. The number of aliphatic hydroxyl groups is 1. The Kier molecular flexibility index (Phi) is 4.88. The van der Waals surface area contributed by atoms with Crippen molar-refractivity contribution in [2.45, 2.75) is 19.4 Å². The predicted octanol–water partition coefficient (Wildman–Crippen LogP) is 1.11. The third-order valence-electron chi connectivity index (χ3n) is 2.33. The third-order valence-corrected chi connectivity index (χ3v) is 2.33. The van der Waals surface area contributed by atoms with Crippen molar-refractivity contribution < 1.29 is 10.0 Å². The van der Waals surface area contributed by atoms with E-state index < -0.39 is 4.92 Å². The smallest absolute Gasteiger partial charge is 0.269 e. The summed E-state index contributed by atoms with van der Waals surface area (Å²) >= 11 is 0. The van der Waals surface area contributed by atoms with Gasteiger partial charge in [-0.1, -0.05) is 12.1 Å². The second-order valence-corrected chi connectivity index (χ2v) is 3.71. The molecular formula is C11H16N2O3. The monoisotopic (exact) mass is 224 g/mol. The topological polar surface area (TPSA) is 75.4 Å². The fraction of sp³-hybridized carbons (Fsp3) is 0.455. The van der Waals surface area contributed by atoms with E-state index in [1.54, 1.807) is 12.1 Å². The highest BCUT2D eigenvalue weighted by Crippen LogP contribution is 2.11. The van der Waals surface area contributed by atoms with Gasteiger partial charge in [-0.3, -0.25) is 10.1 Å². The van der Waals surface area contributed by atoms with Gasteiger partial charge < -0.3 is 10.4 Å². The van der Waals surface area contributed by atoms with Crippen LogP contribution in [0, 0.1) is 10.1 Å². The molecule has 88 valence electrons. The molecule has 0 aromatic heterocycles. The van der Waals surface area contributed by atoms with Crippen LogP contribution in [0.3, 0.4) is 0 Å². The minimum Gasteiger partial charge on any atom is -0.395 e. The zero-order valence-electron chi connectivity index (χ0n) is 9.22. The number of nitro benzene ring substituents is 1. The Morgan fingerprint density at radius 3 is 2.56 bits per heavy atom. The van der Waals surface area contributed by atoms with Gasteiger partial charge in [-0.2, -0.15) is 0 Å². The lowest BCUT2D eigenvalue weighted by molar-refractivity contribution is -0.384. The summed E-state index contributed by atoms with van der Waals surface area (Å²) in [6.07, 6.45) is 0.794. The van der Waals surface area contributed by atoms with E-state index in [1.165, 1.54) is 12.1 Å². The molecule has 0 aliphatic rings. The van der Waals surface area contributed by atoms with Crippen LogP contribution in [0.5, 0.6) is 0 Å². The van der Waals surface area contributed by atoms with Crippen LogP contribution in [0.2, 0.25) is 0 Å². The molecule has 0 heterocycles. The second-order valence-electron chi connectivity index (χ2n) is 3.71. The van der Waals surface area contributed by atoms with Crippen LogP contribution in [0.1, 0.15) is 12.5 Å². The van der Waals surface area contributed by atoms with Crippen molar-refractivity contribution in [2.24, 2.45) is 0 Å². The standard InChI is InChI=1S/C11H16N2O3/c1-9(8-14)12-7-6-10-2-4-11(5-3-10)13(15)16/h2-5,9,12,14H,6-8H2,1H3. The molecule has 0 spiro atoms. The van der Waals surface area contributed by atoms with Crippen molar-refractivity contribution in [1.29, 1.82) is 0 Å². The quantitative estimate of drug-likeness (QED) is 0.560. The van der Waals surface area contributed by atoms with Gasteiger partial charge in [-0.25, -0.2) is 0 Å². The number of nitrogens with one attached hydrogen (secondary N) is 1. The molecule has 1 atom stereocenters. The molecule has 1 rings (SSSR count). The number of aliphatic hydroxyl groups excluding tert-OH is 1. The largest absolute Gasteiger partial charge is 0.395 e. The molecule has 5 nitrogen and oxygen atoms in total. The molecule has 0 radical (unpaired) electrons. The van der Waals surface area contributed by atoms with Crippen LogP contribution in [-0.2, 0) is 6.42 Å². The van der Waals surface area contributed by atoms with Crippen LogP contribution >= 0.6 is 0 Å². The highest BCUT2D eigenvalue weighted by atomic mass is 16.6. The summed E-state index contributed by atoms with van der Waals surface area (Å²) in [6, 6.07) is 6.60. The maximum Gasteiger partial charge on any atom is 0.269 e. The van der Waals surface area contributed by atoms with E-state index in [0.717, 1.165) is 18.5 Å². The Balaban J connectivity index is 2.40. The lowest BCUT2D eigenvalue weighted by Gasteiger charge is -2.09. The molecule has 0 saturated heterocycles. The fourth-order valence-corrected chi connectivity index (χ4v) is 1.31. The average molecular weight is 224 g/mol. The molecule has 0 saturated carbocycles. The van der Waals surface area contributed by atoms with Crippen LogP contribution < -0.4 is 5.32 Å². The maximum atomic E-state index is 10.4. The number of hydrogen-bond acceptors (Lipinski definition) is 4. The van der Waals surface area contributed by atoms with Gasteiger partial charge in [0.2, 0.25) is 0 Å². The van der Waals surface area contributed by atoms with E-state index in [-0.39, 0.29) is 18.3 Å². The molecule has 0 amide bonds. The third kappa shape index (κ3) is 3.96. The average Bonchev–Trinajstić information content (AvgIpc) is 2.29. The van der Waals surface area contributed by atoms with Crippen molar-refractivity contribution in [1.82, 2.24) is 5.32 Å². The molecule has 16 heavy (non-hydrogen) atoms. The molecule has 0 fully saturated rings. The van der Waals surface area contributed by atoms with Gasteiger partial charge in [0.15, 0.2) is 0 Å². The summed E-state index contributed by atoms with van der Waals surface area (Å²) < 4.78 is 0. The first-order valence-corrected chi connectivity index (χ1v) is 5.21. The van der Waals surface area contributed by atoms with E-state index in [2.05, 4.69) is 5.32 Å². The van der Waals surface area contributed by atoms with E-state index in [9.17, 15) is 10.1 Å². The van der Waals surface area contributed by atoms with Crippen molar-refractivity contribution >= 4 is 5.69 Å². The molecule has 5 heteroatoms. The van der Waals surface area contributed by atoms with Gasteiger partial charge in [-0.15, -0.1) is 0 Å². The molecular weight excluding hydrogens is 208 g/mol. The summed E-state index contributed by atoms with van der Waals surface area (Å²) in [7, 11) is 0. The van der Waals surface area contributed by atoms with E-state index >= 15 is 0 Å². The summed E-state index contributed by atoms with van der Waals surface area (Å²) in [4.78, 5) is 10.0. The van der Waals surface area contributed by atoms with Crippen LogP contribution in [0.15, 0.2) is 24.3 Å². The minimum absolute atomic E-state index is 0.0815. The zero-order chi connectivity index (χ0) is 12.0. The molecule has 0 bridgehead atoms. The Morgan fingerprint density at radius 2 is 2.06 bits per heavy atom. The number of rotatable bonds is 6. The van der Waals surface area contributed by atoms with Gasteiger partial charge >= 0.3 is 0 Å². The predicted molar refractivity (Wildman–Crippen MR) is 61.4 cm³/mol. The van der Waals surface area contributed by atoms with Crippen molar-refractivity contribution in [3.05, 3.63) is 39.9 Å². The second kappa shape index (κ2) is 6.19. The number of benzene rings is 1. The minimum atomic E-state index is -0.407. The summed E-state index contributed by atoms with van der Waals surface area (Å²) in [6.45, 7) is 2.76. The lowest BCUT2D eigenvalue weighted by Crippen LogP contribution is -2.30. The zero-order valence-corrected chi connectivity index (χ0v) is 9.22. The summed E-state index contributed by atoms with van der Waals surface area (Å²) in [5.74, 6) is 0. The fourth-order valence-electron chi connectivity index (χ4n) is 1.31. The Bertz CT molecular complexity index is 338. The SMILES string of the molecule is CC(CO)NCCc1ccc([N+](=O)[O-])cc1. The number of hydrogen-bond donors (Lipinski definition) is 2. The van der Waals surface area contributed by atoms with Crippen molar-refractivity contribution in [3.63, 3.8) is 0 Å². The van der Waals surface area contributed by atoms with Crippen LogP contribution in [0.25, 0.3) is 0 Å². The molecule has 1 aromatic rings. The van der Waals surface area contributed by atoms with Gasteiger partial charge in [0, 0.05) is 18.2 Å². The molecule has 1 aromatic carbocycles. The lowest BCUT2D eigenvalue weighted by atomic mass is 10.1. The first-order valence-electron chi connectivity index (χ1n) is 5.21. The first kappa shape index (κ1) is 12.6. The van der Waals surface area contributed by atoms with Crippen molar-refractivity contribution in [2.75, 3.05) is 13.2 Å². The molecule has 0 aliphatic heterocycles. The van der Waals surface area contributed by atoms with Crippen molar-refractivity contribution in [3.8, 4) is 0 Å². The maximum absolute atomic E-state index is 10.4. The number of nitrogens with zero attached hydrogens (tertiary/aromatic N) is 1. The summed E-state index contributed by atoms with van der Waals surface area (Å²) in [5, 5.41) is 22.3.